The lowest BCUT2D eigenvalue weighted by Gasteiger charge is -2.28. The van der Waals surface area contributed by atoms with Crippen LogP contribution in [-0.4, -0.2) is 26.9 Å². The predicted octanol–water partition coefficient (Wildman–Crippen LogP) is 4.67. The molecule has 0 saturated carbocycles. The van der Waals surface area contributed by atoms with Crippen LogP contribution in [0.15, 0.2) is 85.2 Å². The van der Waals surface area contributed by atoms with Gasteiger partial charge in [0.1, 0.15) is 5.82 Å². The molecule has 5 nitrogen and oxygen atoms in total. The quantitative estimate of drug-likeness (QED) is 0.478. The average molecular weight is 437 g/mol. The van der Waals surface area contributed by atoms with E-state index in [-0.39, 0.29) is 5.91 Å². The Kier molecular flexibility index (Phi) is 6.05. The van der Waals surface area contributed by atoms with Crippen LogP contribution in [-0.2, 0) is 26.1 Å². The smallest absolute Gasteiger partial charge is 0.251 e. The fourth-order valence-corrected chi connectivity index (χ4v) is 4.42. The number of amides is 1. The number of imidazole rings is 1. The normalized spacial score (nSPS) is 13.5. The molecule has 3 aromatic carbocycles. The summed E-state index contributed by atoms with van der Waals surface area (Å²) in [4.78, 5) is 19.3. The molecule has 1 N–H and O–H groups in total. The molecule has 2 heterocycles. The number of carbonyl (C=O) groups is 1. The van der Waals surface area contributed by atoms with Gasteiger partial charge in [0.05, 0.1) is 0 Å². The minimum Gasteiger partial charge on any atom is -0.348 e. The van der Waals surface area contributed by atoms with Gasteiger partial charge in [-0.05, 0) is 59.9 Å². The molecule has 1 aliphatic heterocycles. The number of fused-ring (bicyclic) bond motifs is 1. The first-order valence-electron chi connectivity index (χ1n) is 11.4. The standard InChI is InChI=1S/C28H28N4O/c1-21-29-15-17-32(21)27-12-8-22(9-13-27)18-30-28(33)25-10-6-23(7-11-25)19-31-16-14-24-4-2-3-5-26(24)20-31/h2-13,15,17H,14,16,18-20H2,1H3,(H,30,33). The Balaban J connectivity index is 1.14. The molecule has 5 rings (SSSR count). The van der Waals surface area contributed by atoms with E-state index in [9.17, 15) is 4.79 Å². The van der Waals surface area contributed by atoms with Crippen molar-refractivity contribution in [3.8, 4) is 5.69 Å². The highest BCUT2D eigenvalue weighted by atomic mass is 16.1. The number of benzene rings is 3. The zero-order valence-corrected chi connectivity index (χ0v) is 18.9. The van der Waals surface area contributed by atoms with E-state index >= 15 is 0 Å². The molecule has 5 heteroatoms. The fraction of sp³-hybridized carbons (Fsp3) is 0.214. The van der Waals surface area contributed by atoms with Crippen molar-refractivity contribution in [1.82, 2.24) is 19.8 Å². The largest absolute Gasteiger partial charge is 0.348 e. The lowest BCUT2D eigenvalue weighted by molar-refractivity contribution is 0.0951. The zero-order chi connectivity index (χ0) is 22.6. The fourth-order valence-electron chi connectivity index (χ4n) is 4.42. The summed E-state index contributed by atoms with van der Waals surface area (Å²) in [6.45, 7) is 5.43. The summed E-state index contributed by atoms with van der Waals surface area (Å²) in [6, 6.07) is 24.8. The molecule has 0 radical (unpaired) electrons. The molecular formula is C28H28N4O. The Morgan fingerprint density at radius 1 is 0.939 bits per heavy atom. The molecule has 33 heavy (non-hydrogen) atoms. The van der Waals surface area contributed by atoms with Crippen LogP contribution in [0.3, 0.4) is 0 Å². The molecular weight excluding hydrogens is 408 g/mol. The molecule has 1 amide bonds. The van der Waals surface area contributed by atoms with Crippen LogP contribution < -0.4 is 5.32 Å². The molecule has 1 aromatic heterocycles. The summed E-state index contributed by atoms with van der Waals surface area (Å²) < 4.78 is 2.03. The van der Waals surface area contributed by atoms with Gasteiger partial charge in [0, 0.05) is 49.8 Å². The maximum absolute atomic E-state index is 12.6. The highest BCUT2D eigenvalue weighted by Gasteiger charge is 2.16. The second-order valence-electron chi connectivity index (χ2n) is 8.62. The van der Waals surface area contributed by atoms with Gasteiger partial charge in [0.2, 0.25) is 0 Å². The second-order valence-corrected chi connectivity index (χ2v) is 8.62. The first-order chi connectivity index (χ1) is 16.2. The van der Waals surface area contributed by atoms with Crippen LogP contribution in [0.25, 0.3) is 5.69 Å². The molecule has 0 spiro atoms. The Hall–Kier alpha value is -3.70. The molecule has 1 aliphatic rings. The molecule has 0 fully saturated rings. The van der Waals surface area contributed by atoms with E-state index < -0.39 is 0 Å². The lowest BCUT2D eigenvalue weighted by Crippen LogP contribution is -2.30. The van der Waals surface area contributed by atoms with Crippen molar-refractivity contribution in [2.24, 2.45) is 0 Å². The van der Waals surface area contributed by atoms with Crippen LogP contribution in [0.1, 0.15) is 38.4 Å². The third-order valence-electron chi connectivity index (χ3n) is 6.33. The van der Waals surface area contributed by atoms with Crippen molar-refractivity contribution in [1.29, 1.82) is 0 Å². The highest BCUT2D eigenvalue weighted by molar-refractivity contribution is 5.94. The average Bonchev–Trinajstić information content (AvgIpc) is 3.29. The van der Waals surface area contributed by atoms with Crippen molar-refractivity contribution in [2.45, 2.75) is 33.0 Å². The van der Waals surface area contributed by atoms with Gasteiger partial charge in [0.25, 0.3) is 5.91 Å². The summed E-state index contributed by atoms with van der Waals surface area (Å²) in [7, 11) is 0. The van der Waals surface area contributed by atoms with Gasteiger partial charge < -0.3 is 9.88 Å². The van der Waals surface area contributed by atoms with Crippen molar-refractivity contribution in [3.63, 3.8) is 0 Å². The number of hydrogen-bond donors (Lipinski definition) is 1. The van der Waals surface area contributed by atoms with E-state index in [1.807, 2.05) is 54.1 Å². The third kappa shape index (κ3) is 4.89. The number of aryl methyl sites for hydroxylation is 1. The highest BCUT2D eigenvalue weighted by Crippen LogP contribution is 2.20. The Morgan fingerprint density at radius 3 is 2.39 bits per heavy atom. The maximum Gasteiger partial charge on any atom is 0.251 e. The van der Waals surface area contributed by atoms with E-state index in [1.165, 1.54) is 16.7 Å². The lowest BCUT2D eigenvalue weighted by atomic mass is 9.99. The predicted molar refractivity (Wildman–Crippen MR) is 130 cm³/mol. The van der Waals surface area contributed by atoms with E-state index in [1.54, 1.807) is 6.20 Å². The van der Waals surface area contributed by atoms with Crippen LogP contribution in [0.5, 0.6) is 0 Å². The van der Waals surface area contributed by atoms with Crippen molar-refractivity contribution < 1.29 is 4.79 Å². The summed E-state index contributed by atoms with van der Waals surface area (Å²) in [5.74, 6) is 0.896. The molecule has 0 bridgehead atoms. The van der Waals surface area contributed by atoms with Gasteiger partial charge >= 0.3 is 0 Å². The van der Waals surface area contributed by atoms with Crippen molar-refractivity contribution >= 4 is 5.91 Å². The Labute approximate surface area is 194 Å². The first kappa shape index (κ1) is 21.2. The van der Waals surface area contributed by atoms with Gasteiger partial charge in [-0.1, -0.05) is 48.5 Å². The van der Waals surface area contributed by atoms with E-state index in [2.05, 4.69) is 51.6 Å². The number of nitrogens with zero attached hydrogens (tertiary/aromatic N) is 3. The molecule has 0 unspecified atom stereocenters. The van der Waals surface area contributed by atoms with E-state index in [0.29, 0.717) is 12.1 Å². The van der Waals surface area contributed by atoms with Crippen molar-refractivity contribution in [2.75, 3.05) is 6.54 Å². The minimum absolute atomic E-state index is 0.0528. The number of carbonyl (C=O) groups excluding carboxylic acids is 1. The van der Waals surface area contributed by atoms with Gasteiger partial charge in [-0.25, -0.2) is 4.98 Å². The molecule has 0 aliphatic carbocycles. The minimum atomic E-state index is -0.0528. The second kappa shape index (κ2) is 9.43. The Morgan fingerprint density at radius 2 is 1.67 bits per heavy atom. The first-order valence-corrected chi connectivity index (χ1v) is 11.4. The monoisotopic (exact) mass is 436 g/mol. The number of nitrogens with one attached hydrogen (secondary N) is 1. The summed E-state index contributed by atoms with van der Waals surface area (Å²) in [5, 5.41) is 3.02. The van der Waals surface area contributed by atoms with Crippen LogP contribution in [0.4, 0.5) is 0 Å². The van der Waals surface area contributed by atoms with Gasteiger partial charge in [-0.2, -0.15) is 0 Å². The molecule has 4 aromatic rings. The number of aromatic nitrogens is 2. The molecule has 0 atom stereocenters. The number of rotatable bonds is 6. The molecule has 0 saturated heterocycles. The van der Waals surface area contributed by atoms with Gasteiger partial charge in [-0.15, -0.1) is 0 Å². The SMILES string of the molecule is Cc1nccn1-c1ccc(CNC(=O)c2ccc(CN3CCc4ccccc4C3)cc2)cc1. The topological polar surface area (TPSA) is 50.2 Å². The van der Waals surface area contributed by atoms with Crippen LogP contribution in [0, 0.1) is 6.92 Å². The summed E-state index contributed by atoms with van der Waals surface area (Å²) >= 11 is 0. The van der Waals surface area contributed by atoms with E-state index in [4.69, 9.17) is 0 Å². The zero-order valence-electron chi connectivity index (χ0n) is 18.9. The van der Waals surface area contributed by atoms with Gasteiger partial charge in [-0.3, -0.25) is 9.69 Å². The maximum atomic E-state index is 12.6. The third-order valence-corrected chi connectivity index (χ3v) is 6.33. The van der Waals surface area contributed by atoms with Gasteiger partial charge in [0.15, 0.2) is 0 Å². The van der Waals surface area contributed by atoms with Crippen LogP contribution in [0.2, 0.25) is 0 Å². The summed E-state index contributed by atoms with van der Waals surface area (Å²) in [5.41, 5.74) is 6.93. The number of hydrogen-bond acceptors (Lipinski definition) is 3. The molecule has 166 valence electrons. The van der Waals surface area contributed by atoms with E-state index in [0.717, 1.165) is 43.1 Å². The van der Waals surface area contributed by atoms with Crippen molar-refractivity contribution in [3.05, 3.63) is 119 Å². The Bertz CT molecular complexity index is 1240. The van der Waals surface area contributed by atoms with Crippen LogP contribution >= 0.6 is 0 Å². The summed E-state index contributed by atoms with van der Waals surface area (Å²) in [6.07, 6.45) is 4.83.